The molecule has 0 atom stereocenters. The number of ether oxygens (including phenoxy) is 2. The largest absolute Gasteiger partial charge is 0.421 e. The van der Waals surface area contributed by atoms with Gasteiger partial charge in [0, 0.05) is 33.1 Å². The van der Waals surface area contributed by atoms with E-state index in [0.717, 1.165) is 89.5 Å². The highest BCUT2D eigenvalue weighted by Gasteiger charge is 2.43. The Morgan fingerprint density at radius 2 is 1.00 bits per heavy atom. The number of carbonyl (C=O) groups excluding carboxylic acids is 5. The van der Waals surface area contributed by atoms with E-state index in [0.29, 0.717) is 16.7 Å². The molecule has 6 aromatic rings. The molecule has 1 aliphatic rings. The van der Waals surface area contributed by atoms with Crippen LogP contribution in [0, 0.1) is 6.92 Å². The number of aryl methyl sites for hydroxylation is 2. The molecule has 1 aliphatic carbocycles. The number of benzene rings is 6. The van der Waals surface area contributed by atoms with Crippen LogP contribution in [0.15, 0.2) is 133 Å². The lowest BCUT2D eigenvalue weighted by Gasteiger charge is -2.32. The molecule has 0 saturated heterocycles. The molecule has 7 heteroatoms. The Morgan fingerprint density at radius 3 is 1.51 bits per heavy atom. The quantitative estimate of drug-likeness (QED) is 0.0390. The van der Waals surface area contributed by atoms with Crippen molar-refractivity contribution in [3.05, 3.63) is 189 Å². The third kappa shape index (κ3) is 8.96. The van der Waals surface area contributed by atoms with Gasteiger partial charge >= 0.3 is 11.9 Å². The maximum Gasteiger partial charge on any atom is 0.385 e. The van der Waals surface area contributed by atoms with Crippen LogP contribution in [0.1, 0.15) is 143 Å². The Kier molecular flexibility index (Phi) is 13.2. The highest BCUT2D eigenvalue weighted by molar-refractivity contribution is 6.41. The number of hydrogen-bond acceptors (Lipinski definition) is 7. The first kappa shape index (κ1) is 44.3. The van der Waals surface area contributed by atoms with Crippen LogP contribution in [-0.4, -0.2) is 29.3 Å². The summed E-state index contributed by atoms with van der Waals surface area (Å²) in [5.41, 5.74) is 9.01. The van der Waals surface area contributed by atoms with Crippen LogP contribution in [0.3, 0.4) is 0 Å². The number of carbonyl (C=O) groups is 5. The summed E-state index contributed by atoms with van der Waals surface area (Å²) in [5.74, 6) is -2.88. The van der Waals surface area contributed by atoms with Crippen molar-refractivity contribution in [3.8, 4) is 22.6 Å². The second-order valence-corrected chi connectivity index (χ2v) is 17.2. The van der Waals surface area contributed by atoms with Gasteiger partial charge in [0.1, 0.15) is 11.5 Å². The third-order valence-corrected chi connectivity index (χ3v) is 12.6. The molecular weight excluding hydrogens is 785 g/mol. The van der Waals surface area contributed by atoms with E-state index in [1.807, 2.05) is 112 Å². The zero-order chi connectivity index (χ0) is 44.9. The minimum Gasteiger partial charge on any atom is -0.421 e. The zero-order valence-electron chi connectivity index (χ0n) is 37.0. The zero-order valence-corrected chi connectivity index (χ0v) is 37.0. The molecule has 0 aromatic heterocycles. The van der Waals surface area contributed by atoms with Crippen LogP contribution in [0.2, 0.25) is 0 Å². The fraction of sp³-hybridized carbons (Fsp3) is 0.268. The van der Waals surface area contributed by atoms with Crippen molar-refractivity contribution in [2.75, 3.05) is 0 Å². The van der Waals surface area contributed by atoms with E-state index in [2.05, 4.69) is 20.8 Å². The summed E-state index contributed by atoms with van der Waals surface area (Å²) < 4.78 is 11.1. The predicted octanol–water partition coefficient (Wildman–Crippen LogP) is 12.3. The highest BCUT2D eigenvalue weighted by atomic mass is 16.5. The second kappa shape index (κ2) is 18.7. The molecule has 0 bridgehead atoms. The minimum atomic E-state index is -0.979. The van der Waals surface area contributed by atoms with Crippen LogP contribution < -0.4 is 9.47 Å². The summed E-state index contributed by atoms with van der Waals surface area (Å²) in [5, 5.41) is 0. The van der Waals surface area contributed by atoms with Crippen molar-refractivity contribution in [2.45, 2.75) is 97.3 Å². The summed E-state index contributed by atoms with van der Waals surface area (Å²) in [6, 6.07) is 40.1. The molecule has 0 heterocycles. The molecule has 7 rings (SSSR count). The van der Waals surface area contributed by atoms with Gasteiger partial charge in [-0.05, 0) is 120 Å². The number of fused-ring (bicyclic) bond motifs is 3. The lowest BCUT2D eigenvalue weighted by Crippen LogP contribution is -2.26. The maximum absolute atomic E-state index is 13.8. The number of hydrogen-bond donors (Lipinski definition) is 0. The lowest BCUT2D eigenvalue weighted by molar-refractivity contribution is -0.130. The van der Waals surface area contributed by atoms with Crippen LogP contribution in [0.25, 0.3) is 11.1 Å². The molecule has 0 amide bonds. The first-order valence-corrected chi connectivity index (χ1v) is 22.0. The second-order valence-electron chi connectivity index (χ2n) is 17.2. The maximum atomic E-state index is 13.8. The molecule has 0 fully saturated rings. The highest BCUT2D eigenvalue weighted by Crippen LogP contribution is 2.54. The van der Waals surface area contributed by atoms with Crippen LogP contribution in [0.4, 0.5) is 0 Å². The fourth-order valence-electron chi connectivity index (χ4n) is 9.09. The van der Waals surface area contributed by atoms with E-state index in [-0.39, 0.29) is 22.8 Å². The standard InChI is InChI=1S/C56H54O7/c1-7-10-14-38-33-39(18-17-36(38)4)51(58)53(60)62-44-25-21-42(22-26-44)55(5,6)43-23-27-45(28-24-43)63-54(61)52(59)41-20-30-47-46-29-19-40(50(57)37-15-12-11-13-16-37)34-48(46)56(31-8-2,32-9-3)49(47)35-41/h11-13,15-30,33-35H,7-10,14,31-32H2,1-6H3. The summed E-state index contributed by atoms with van der Waals surface area (Å²) in [4.78, 5) is 66.6. The Bertz CT molecular complexity index is 2680. The first-order valence-electron chi connectivity index (χ1n) is 22.0. The van der Waals surface area contributed by atoms with Crippen molar-refractivity contribution < 1.29 is 33.4 Å². The minimum absolute atomic E-state index is 0.0369. The Hall–Kier alpha value is -6.73. The van der Waals surface area contributed by atoms with Crippen LogP contribution in [-0.2, 0) is 26.8 Å². The van der Waals surface area contributed by atoms with Gasteiger partial charge in [0.2, 0.25) is 0 Å². The number of Topliss-reactive ketones (excluding diaryl/α,β-unsaturated/α-hetero) is 2. The van der Waals surface area contributed by atoms with Crippen molar-refractivity contribution in [1.29, 1.82) is 0 Å². The number of rotatable bonds is 17. The number of ketones is 3. The molecule has 0 unspecified atom stereocenters. The van der Waals surface area contributed by atoms with Gasteiger partial charge in [-0.2, -0.15) is 0 Å². The summed E-state index contributed by atoms with van der Waals surface area (Å²) >= 11 is 0. The number of esters is 2. The summed E-state index contributed by atoms with van der Waals surface area (Å²) in [7, 11) is 0. The predicted molar refractivity (Wildman–Crippen MR) is 247 cm³/mol. The average molecular weight is 839 g/mol. The van der Waals surface area contributed by atoms with E-state index in [4.69, 9.17) is 9.47 Å². The van der Waals surface area contributed by atoms with Crippen LogP contribution in [0.5, 0.6) is 11.5 Å². The fourth-order valence-corrected chi connectivity index (χ4v) is 9.09. The van der Waals surface area contributed by atoms with Gasteiger partial charge in [-0.1, -0.05) is 145 Å². The molecule has 7 nitrogen and oxygen atoms in total. The van der Waals surface area contributed by atoms with Crippen LogP contribution >= 0.6 is 0 Å². The van der Waals surface area contributed by atoms with E-state index in [9.17, 15) is 24.0 Å². The summed E-state index contributed by atoms with van der Waals surface area (Å²) in [6.45, 7) is 12.5. The van der Waals surface area contributed by atoms with E-state index in [1.54, 1.807) is 42.5 Å². The smallest absolute Gasteiger partial charge is 0.385 e. The SMILES string of the molecule is CCCCc1cc(C(=O)C(=O)Oc2ccc(C(C)(C)c3ccc(OC(=O)C(=O)c4ccc5c(c4)C(CCC)(CCC)c4cc(C(=O)c6ccccc6)ccc4-5)cc3)cc2)ccc1C. The van der Waals surface area contributed by atoms with Gasteiger partial charge in [0.25, 0.3) is 11.6 Å². The molecule has 6 aromatic carbocycles. The Morgan fingerprint density at radius 1 is 0.524 bits per heavy atom. The molecule has 320 valence electrons. The molecule has 0 spiro atoms. The average Bonchev–Trinajstić information content (AvgIpc) is 3.56. The first-order chi connectivity index (χ1) is 30.3. The van der Waals surface area contributed by atoms with E-state index in [1.165, 1.54) is 0 Å². The van der Waals surface area contributed by atoms with Gasteiger partial charge in [-0.3, -0.25) is 14.4 Å². The van der Waals surface area contributed by atoms with Gasteiger partial charge in [0.15, 0.2) is 5.78 Å². The molecule has 0 radical (unpaired) electrons. The molecule has 0 saturated carbocycles. The van der Waals surface area contributed by atoms with Gasteiger partial charge in [-0.25, -0.2) is 9.59 Å². The monoisotopic (exact) mass is 838 g/mol. The van der Waals surface area contributed by atoms with E-state index >= 15 is 0 Å². The lowest BCUT2D eigenvalue weighted by atomic mass is 9.71. The molecule has 63 heavy (non-hydrogen) atoms. The van der Waals surface area contributed by atoms with Gasteiger partial charge in [-0.15, -0.1) is 0 Å². The Labute approximate surface area is 370 Å². The topological polar surface area (TPSA) is 104 Å². The third-order valence-electron chi connectivity index (χ3n) is 12.6. The van der Waals surface area contributed by atoms with Gasteiger partial charge < -0.3 is 9.47 Å². The molecule has 0 N–H and O–H groups in total. The normalized spacial score (nSPS) is 12.5. The summed E-state index contributed by atoms with van der Waals surface area (Å²) in [6.07, 6.45) is 6.30. The van der Waals surface area contributed by atoms with Crippen molar-refractivity contribution >= 4 is 29.3 Å². The Balaban J connectivity index is 1.03. The van der Waals surface area contributed by atoms with Crippen molar-refractivity contribution in [3.63, 3.8) is 0 Å². The van der Waals surface area contributed by atoms with Crippen molar-refractivity contribution in [2.24, 2.45) is 0 Å². The number of unbranched alkanes of at least 4 members (excludes halogenated alkanes) is 1. The van der Waals surface area contributed by atoms with Gasteiger partial charge in [0.05, 0.1) is 0 Å². The van der Waals surface area contributed by atoms with E-state index < -0.39 is 34.3 Å². The molecule has 0 aliphatic heterocycles. The molecular formula is C56H54O7. The van der Waals surface area contributed by atoms with Crippen molar-refractivity contribution in [1.82, 2.24) is 0 Å².